The zero-order valence-electron chi connectivity index (χ0n) is 13.5. The molecule has 4 rings (SSSR count). The van der Waals surface area contributed by atoms with Gasteiger partial charge in [-0.3, -0.25) is 0 Å². The van der Waals surface area contributed by atoms with Crippen LogP contribution in [0.1, 0.15) is 52.4 Å². The smallest absolute Gasteiger partial charge is 0.317 e. The third-order valence-corrected chi connectivity index (χ3v) is 6.38. The van der Waals surface area contributed by atoms with Crippen molar-refractivity contribution in [3.63, 3.8) is 0 Å². The fraction of sp³-hybridized carbons (Fsp3) is 0.941. The highest BCUT2D eigenvalue weighted by molar-refractivity contribution is 5.74. The molecule has 4 nitrogen and oxygen atoms in total. The van der Waals surface area contributed by atoms with E-state index in [0.29, 0.717) is 18.5 Å². The first-order valence-corrected chi connectivity index (χ1v) is 8.72. The van der Waals surface area contributed by atoms with Gasteiger partial charge in [0.25, 0.3) is 0 Å². The normalized spacial score (nSPS) is 38.3. The Balaban J connectivity index is 1.65. The van der Waals surface area contributed by atoms with Crippen LogP contribution in [0.5, 0.6) is 0 Å². The summed E-state index contributed by atoms with van der Waals surface area (Å²) >= 11 is 0. The molecule has 4 bridgehead atoms. The minimum absolute atomic E-state index is 0.00482. The summed E-state index contributed by atoms with van der Waals surface area (Å²) in [4.78, 5) is 14.1. The van der Waals surface area contributed by atoms with Crippen molar-refractivity contribution in [2.24, 2.45) is 23.2 Å². The maximum Gasteiger partial charge on any atom is 0.317 e. The lowest BCUT2D eigenvalue weighted by Gasteiger charge is -2.59. The summed E-state index contributed by atoms with van der Waals surface area (Å²) in [5.74, 6) is 2.74. The zero-order valence-corrected chi connectivity index (χ0v) is 13.5. The van der Waals surface area contributed by atoms with Crippen molar-refractivity contribution in [2.45, 2.75) is 58.4 Å². The number of nitrogens with zero attached hydrogens (tertiary/aromatic N) is 1. The molecule has 0 heterocycles. The summed E-state index contributed by atoms with van der Waals surface area (Å²) in [6, 6.07) is 0.251. The molecule has 2 N–H and O–H groups in total. The number of carbonyl (C=O) groups is 1. The maximum absolute atomic E-state index is 12.4. The number of amides is 2. The molecule has 1 atom stereocenters. The van der Waals surface area contributed by atoms with Crippen LogP contribution in [0.2, 0.25) is 0 Å². The molecule has 4 aliphatic rings. The Morgan fingerprint density at radius 3 is 2.19 bits per heavy atom. The molecule has 0 saturated heterocycles. The average Bonchev–Trinajstić information content (AvgIpc) is 2.43. The number of urea groups is 1. The van der Waals surface area contributed by atoms with Crippen LogP contribution in [0, 0.1) is 23.2 Å². The van der Waals surface area contributed by atoms with Gasteiger partial charge in [-0.05, 0) is 75.5 Å². The number of hydrogen-bond donors (Lipinski definition) is 2. The number of aliphatic hydroxyl groups is 1. The molecule has 4 fully saturated rings. The van der Waals surface area contributed by atoms with Gasteiger partial charge in [0, 0.05) is 19.1 Å². The zero-order chi connectivity index (χ0) is 15.0. The molecule has 0 aromatic rings. The van der Waals surface area contributed by atoms with Gasteiger partial charge in [-0.25, -0.2) is 4.79 Å². The summed E-state index contributed by atoms with van der Waals surface area (Å²) in [5, 5.41) is 12.3. The minimum atomic E-state index is -0.00482. The van der Waals surface area contributed by atoms with Crippen LogP contribution < -0.4 is 5.32 Å². The Hall–Kier alpha value is -0.770. The Morgan fingerprint density at radius 1 is 1.24 bits per heavy atom. The molecule has 21 heavy (non-hydrogen) atoms. The van der Waals surface area contributed by atoms with Crippen molar-refractivity contribution >= 4 is 6.03 Å². The van der Waals surface area contributed by atoms with Gasteiger partial charge in [-0.2, -0.15) is 0 Å². The van der Waals surface area contributed by atoms with Crippen LogP contribution >= 0.6 is 0 Å². The highest BCUT2D eigenvalue weighted by Crippen LogP contribution is 2.61. The Kier molecular flexibility index (Phi) is 4.17. The standard InChI is InChI=1S/C17H30N2O2/c1-3-19(4-5-20)16(21)18-12(2)17-9-13-6-14(10-17)8-15(7-13)11-17/h12-15,20H,3-11H2,1-2H3,(H,18,21). The highest BCUT2D eigenvalue weighted by atomic mass is 16.3. The number of aliphatic hydroxyl groups excluding tert-OH is 1. The van der Waals surface area contributed by atoms with Crippen LogP contribution in [-0.4, -0.2) is 41.8 Å². The molecule has 0 spiro atoms. The third kappa shape index (κ3) is 2.79. The van der Waals surface area contributed by atoms with Gasteiger partial charge in [0.1, 0.15) is 0 Å². The van der Waals surface area contributed by atoms with E-state index in [9.17, 15) is 4.79 Å². The van der Waals surface area contributed by atoms with Crippen molar-refractivity contribution in [3.05, 3.63) is 0 Å². The first-order chi connectivity index (χ1) is 10.1. The lowest BCUT2D eigenvalue weighted by atomic mass is 9.48. The molecule has 2 amide bonds. The summed E-state index contributed by atoms with van der Waals surface area (Å²) in [6.45, 7) is 5.28. The molecule has 4 saturated carbocycles. The van der Waals surface area contributed by atoms with Crippen molar-refractivity contribution in [3.8, 4) is 0 Å². The van der Waals surface area contributed by atoms with Crippen molar-refractivity contribution in [1.82, 2.24) is 10.2 Å². The summed E-state index contributed by atoms with van der Waals surface area (Å²) in [6.07, 6.45) is 8.24. The Labute approximate surface area is 128 Å². The van der Waals surface area contributed by atoms with Crippen molar-refractivity contribution in [1.29, 1.82) is 0 Å². The van der Waals surface area contributed by atoms with E-state index >= 15 is 0 Å². The van der Waals surface area contributed by atoms with E-state index in [1.54, 1.807) is 4.90 Å². The SMILES string of the molecule is CCN(CCO)C(=O)NC(C)C12CC3CC(CC(C3)C1)C2. The predicted octanol–water partition coefficient (Wildman–Crippen LogP) is 2.62. The van der Waals surface area contributed by atoms with E-state index < -0.39 is 0 Å². The van der Waals surface area contributed by atoms with Crippen LogP contribution in [0.15, 0.2) is 0 Å². The van der Waals surface area contributed by atoms with Crippen LogP contribution in [0.3, 0.4) is 0 Å². The Morgan fingerprint density at radius 2 is 1.76 bits per heavy atom. The molecule has 0 aromatic carbocycles. The highest BCUT2D eigenvalue weighted by Gasteiger charge is 2.53. The molecule has 120 valence electrons. The average molecular weight is 294 g/mol. The van der Waals surface area contributed by atoms with Crippen molar-refractivity contribution in [2.75, 3.05) is 19.7 Å². The van der Waals surface area contributed by atoms with Gasteiger partial charge in [0.15, 0.2) is 0 Å². The molecular weight excluding hydrogens is 264 g/mol. The third-order valence-electron chi connectivity index (χ3n) is 6.38. The summed E-state index contributed by atoms with van der Waals surface area (Å²) < 4.78 is 0. The fourth-order valence-corrected chi connectivity index (χ4v) is 5.66. The van der Waals surface area contributed by atoms with Crippen molar-refractivity contribution < 1.29 is 9.90 Å². The van der Waals surface area contributed by atoms with Crippen LogP contribution in [-0.2, 0) is 0 Å². The molecule has 0 aliphatic heterocycles. The van der Waals surface area contributed by atoms with E-state index in [1.165, 1.54) is 38.5 Å². The Bertz CT molecular complexity index is 361. The second-order valence-corrected chi connectivity index (χ2v) is 7.75. The van der Waals surface area contributed by atoms with Gasteiger partial charge in [-0.1, -0.05) is 0 Å². The van der Waals surface area contributed by atoms with E-state index in [-0.39, 0.29) is 18.7 Å². The monoisotopic (exact) mass is 294 g/mol. The lowest BCUT2D eigenvalue weighted by molar-refractivity contribution is -0.0687. The maximum atomic E-state index is 12.4. The molecule has 1 unspecified atom stereocenters. The predicted molar refractivity (Wildman–Crippen MR) is 82.9 cm³/mol. The molecule has 0 radical (unpaired) electrons. The van der Waals surface area contributed by atoms with Gasteiger partial charge < -0.3 is 15.3 Å². The first-order valence-electron chi connectivity index (χ1n) is 8.72. The summed E-state index contributed by atoms with van der Waals surface area (Å²) in [7, 11) is 0. The fourth-order valence-electron chi connectivity index (χ4n) is 5.66. The van der Waals surface area contributed by atoms with Gasteiger partial charge in [0.2, 0.25) is 0 Å². The number of nitrogens with one attached hydrogen (secondary N) is 1. The van der Waals surface area contributed by atoms with Crippen LogP contribution in [0.4, 0.5) is 4.79 Å². The molecular formula is C17H30N2O2. The molecule has 0 aromatic heterocycles. The molecule has 4 aliphatic carbocycles. The second-order valence-electron chi connectivity index (χ2n) is 7.75. The van der Waals surface area contributed by atoms with E-state index in [4.69, 9.17) is 5.11 Å². The number of rotatable bonds is 5. The number of likely N-dealkylation sites (N-methyl/N-ethyl adjacent to an activating group) is 1. The van der Waals surface area contributed by atoms with Gasteiger partial charge in [0.05, 0.1) is 6.61 Å². The van der Waals surface area contributed by atoms with E-state index in [0.717, 1.165) is 17.8 Å². The second kappa shape index (κ2) is 5.79. The quantitative estimate of drug-likeness (QED) is 0.819. The van der Waals surface area contributed by atoms with Gasteiger partial charge >= 0.3 is 6.03 Å². The largest absolute Gasteiger partial charge is 0.395 e. The number of carbonyl (C=O) groups excluding carboxylic acids is 1. The molecule has 4 heteroatoms. The van der Waals surface area contributed by atoms with E-state index in [2.05, 4.69) is 12.2 Å². The number of hydrogen-bond acceptors (Lipinski definition) is 2. The topological polar surface area (TPSA) is 52.6 Å². The van der Waals surface area contributed by atoms with Gasteiger partial charge in [-0.15, -0.1) is 0 Å². The minimum Gasteiger partial charge on any atom is -0.395 e. The van der Waals surface area contributed by atoms with E-state index in [1.807, 2.05) is 6.92 Å². The first kappa shape index (κ1) is 15.1. The summed E-state index contributed by atoms with van der Waals surface area (Å²) in [5.41, 5.74) is 0.350. The lowest BCUT2D eigenvalue weighted by Crippen LogP contribution is -2.57. The van der Waals surface area contributed by atoms with Crippen LogP contribution in [0.25, 0.3) is 0 Å².